The lowest BCUT2D eigenvalue weighted by Crippen LogP contribution is -2.36. The van der Waals surface area contributed by atoms with Gasteiger partial charge in [0.25, 0.3) is 0 Å². The molecule has 0 radical (unpaired) electrons. The van der Waals surface area contributed by atoms with E-state index in [1.54, 1.807) is 0 Å². The number of nitrogens with zero attached hydrogens (tertiary/aromatic N) is 1. The van der Waals surface area contributed by atoms with Crippen molar-refractivity contribution in [2.75, 3.05) is 6.54 Å². The number of rotatable bonds is 4. The number of benzene rings is 3. The van der Waals surface area contributed by atoms with Crippen LogP contribution in [-0.2, 0) is 4.57 Å². The Morgan fingerprint density at radius 2 is 1.19 bits per heavy atom. The summed E-state index contributed by atoms with van der Waals surface area (Å²) in [6, 6.07) is 30.3. The van der Waals surface area contributed by atoms with Crippen molar-refractivity contribution in [3.05, 3.63) is 109 Å². The van der Waals surface area contributed by atoms with E-state index in [0.717, 1.165) is 17.0 Å². The number of hydrogen-bond acceptors (Lipinski definition) is 1. The average molecular weight is 359 g/mol. The molecule has 0 spiro atoms. The van der Waals surface area contributed by atoms with Gasteiger partial charge in [0.2, 0.25) is 7.29 Å². The fourth-order valence-electron chi connectivity index (χ4n) is 3.66. The Kier molecular flexibility index (Phi) is 4.88. The molecule has 2 nitrogen and oxygen atoms in total. The summed E-state index contributed by atoms with van der Waals surface area (Å²) in [7, 11) is -2.94. The lowest BCUT2D eigenvalue weighted by molar-refractivity contribution is 0.345. The van der Waals surface area contributed by atoms with Crippen molar-refractivity contribution in [2.45, 2.75) is 12.5 Å². The summed E-state index contributed by atoms with van der Waals surface area (Å²) < 4.78 is 16.8. The van der Waals surface area contributed by atoms with E-state index in [2.05, 4.69) is 41.1 Å². The average Bonchev–Trinajstić information content (AvgIpc) is 2.75. The Labute approximate surface area is 155 Å². The van der Waals surface area contributed by atoms with Gasteiger partial charge in [-0.15, -0.1) is 0 Å². The van der Waals surface area contributed by atoms with E-state index < -0.39 is 7.29 Å². The van der Waals surface area contributed by atoms with Crippen molar-refractivity contribution in [3.63, 3.8) is 0 Å². The molecule has 0 aliphatic carbocycles. The zero-order chi connectivity index (χ0) is 17.8. The first-order valence-corrected chi connectivity index (χ1v) is 10.6. The van der Waals surface area contributed by atoms with Crippen molar-refractivity contribution >= 4 is 17.9 Å². The van der Waals surface area contributed by atoms with Gasteiger partial charge in [-0.2, -0.15) is 0 Å². The second-order valence-corrected chi connectivity index (χ2v) is 9.20. The van der Waals surface area contributed by atoms with Crippen LogP contribution in [0.1, 0.15) is 18.0 Å². The normalized spacial score (nSPS) is 17.9. The van der Waals surface area contributed by atoms with Crippen LogP contribution < -0.4 is 10.6 Å². The van der Waals surface area contributed by atoms with Crippen LogP contribution in [0.15, 0.2) is 103 Å². The molecule has 0 N–H and O–H groups in total. The van der Waals surface area contributed by atoms with Crippen LogP contribution in [0.25, 0.3) is 0 Å². The third-order valence-electron chi connectivity index (χ3n) is 4.94. The third-order valence-corrected chi connectivity index (χ3v) is 8.10. The van der Waals surface area contributed by atoms with E-state index in [1.165, 1.54) is 5.56 Å². The summed E-state index contributed by atoms with van der Waals surface area (Å²) in [5.74, 6) is 0. The number of hydrogen-bond donors (Lipinski definition) is 0. The monoisotopic (exact) mass is 359 g/mol. The van der Waals surface area contributed by atoms with Crippen LogP contribution in [0.5, 0.6) is 0 Å². The van der Waals surface area contributed by atoms with Crippen molar-refractivity contribution in [3.8, 4) is 0 Å². The van der Waals surface area contributed by atoms with E-state index in [0.29, 0.717) is 6.54 Å². The van der Waals surface area contributed by atoms with Gasteiger partial charge >= 0.3 is 0 Å². The summed E-state index contributed by atoms with van der Waals surface area (Å²) >= 11 is 0. The maximum Gasteiger partial charge on any atom is 0.208 e. The van der Waals surface area contributed by atoms with Gasteiger partial charge in [-0.1, -0.05) is 78.9 Å². The van der Waals surface area contributed by atoms with Crippen LogP contribution in [0, 0.1) is 0 Å². The topological polar surface area (TPSA) is 20.3 Å². The minimum absolute atomic E-state index is 0.104. The first kappa shape index (κ1) is 17.0. The molecule has 1 aliphatic heterocycles. The molecule has 0 saturated carbocycles. The van der Waals surface area contributed by atoms with Crippen LogP contribution in [-0.4, -0.2) is 11.2 Å². The molecular weight excluding hydrogens is 337 g/mol. The molecule has 3 heteroatoms. The SMILES string of the molecule is O=P(c1ccccc1)(c1ccccc1)N1CC=CC[C@@H]1c1ccccc1. The van der Waals surface area contributed by atoms with Crippen LogP contribution in [0.3, 0.4) is 0 Å². The van der Waals surface area contributed by atoms with Gasteiger partial charge < -0.3 is 0 Å². The van der Waals surface area contributed by atoms with Crippen LogP contribution >= 0.6 is 7.29 Å². The van der Waals surface area contributed by atoms with Gasteiger partial charge in [0, 0.05) is 23.2 Å². The second kappa shape index (κ2) is 7.45. The first-order valence-electron chi connectivity index (χ1n) is 8.98. The standard InChI is InChI=1S/C23H22NOP/c25-26(21-14-6-2-7-15-21,22-16-8-3-9-17-22)24-19-11-10-18-23(24)20-12-4-1-5-13-20/h1-17,23H,18-19H2/t23-/m1/s1. The van der Waals surface area contributed by atoms with Crippen LogP contribution in [0.4, 0.5) is 0 Å². The van der Waals surface area contributed by atoms with E-state index >= 15 is 0 Å². The highest BCUT2D eigenvalue weighted by molar-refractivity contribution is 7.76. The quantitative estimate of drug-likeness (QED) is 0.487. The van der Waals surface area contributed by atoms with E-state index in [9.17, 15) is 4.57 Å². The van der Waals surface area contributed by atoms with E-state index in [-0.39, 0.29) is 6.04 Å². The second-order valence-electron chi connectivity index (χ2n) is 6.50. The van der Waals surface area contributed by atoms with Crippen molar-refractivity contribution in [2.24, 2.45) is 0 Å². The molecule has 130 valence electrons. The van der Waals surface area contributed by atoms with Gasteiger partial charge in [-0.3, -0.25) is 4.57 Å². The molecule has 0 saturated heterocycles. The first-order chi connectivity index (χ1) is 12.8. The minimum atomic E-state index is -2.94. The third kappa shape index (κ3) is 3.07. The molecule has 0 bridgehead atoms. The molecule has 1 aliphatic rings. The Morgan fingerprint density at radius 3 is 1.73 bits per heavy atom. The molecule has 3 aromatic rings. The smallest absolute Gasteiger partial charge is 0.208 e. The summed E-state index contributed by atoms with van der Waals surface area (Å²) in [6.07, 6.45) is 5.21. The highest BCUT2D eigenvalue weighted by Gasteiger charge is 2.39. The molecule has 0 fully saturated rings. The summed E-state index contributed by atoms with van der Waals surface area (Å²) in [4.78, 5) is 0. The Hall–Kier alpha value is -2.41. The minimum Gasteiger partial charge on any atom is -0.296 e. The lowest BCUT2D eigenvalue weighted by Gasteiger charge is -2.39. The molecule has 0 amide bonds. The van der Waals surface area contributed by atoms with Crippen molar-refractivity contribution in [1.29, 1.82) is 0 Å². The Balaban J connectivity index is 1.88. The maximum atomic E-state index is 14.6. The summed E-state index contributed by atoms with van der Waals surface area (Å²) in [6.45, 7) is 0.681. The highest BCUT2D eigenvalue weighted by Crippen LogP contribution is 2.53. The lowest BCUT2D eigenvalue weighted by atomic mass is 10.0. The summed E-state index contributed by atoms with van der Waals surface area (Å²) in [5, 5.41) is 1.78. The predicted molar refractivity (Wildman–Crippen MR) is 109 cm³/mol. The van der Waals surface area contributed by atoms with Gasteiger partial charge in [0.1, 0.15) is 0 Å². The van der Waals surface area contributed by atoms with Gasteiger partial charge in [0.05, 0.1) is 0 Å². The van der Waals surface area contributed by atoms with Gasteiger partial charge in [-0.05, 0) is 36.2 Å². The molecule has 0 aromatic heterocycles. The van der Waals surface area contributed by atoms with Crippen molar-refractivity contribution < 1.29 is 4.57 Å². The molecule has 0 unspecified atom stereocenters. The summed E-state index contributed by atoms with van der Waals surface area (Å²) in [5.41, 5.74) is 1.21. The van der Waals surface area contributed by atoms with E-state index in [4.69, 9.17) is 0 Å². The van der Waals surface area contributed by atoms with E-state index in [1.807, 2.05) is 66.7 Å². The zero-order valence-corrected chi connectivity index (χ0v) is 15.5. The fourth-order valence-corrected chi connectivity index (χ4v) is 6.65. The zero-order valence-electron chi connectivity index (χ0n) is 14.6. The fraction of sp³-hybridized carbons (Fsp3) is 0.130. The molecule has 4 rings (SSSR count). The molecule has 3 aromatic carbocycles. The van der Waals surface area contributed by atoms with Crippen molar-refractivity contribution in [1.82, 2.24) is 4.67 Å². The van der Waals surface area contributed by atoms with Crippen LogP contribution in [0.2, 0.25) is 0 Å². The molecule has 1 heterocycles. The Morgan fingerprint density at radius 1 is 0.692 bits per heavy atom. The van der Waals surface area contributed by atoms with Gasteiger partial charge in [0.15, 0.2) is 0 Å². The highest BCUT2D eigenvalue weighted by atomic mass is 31.2. The Bertz CT molecular complexity index is 879. The van der Waals surface area contributed by atoms with Gasteiger partial charge in [-0.25, -0.2) is 4.67 Å². The maximum absolute atomic E-state index is 14.6. The molecular formula is C23H22NOP. The molecule has 1 atom stereocenters. The molecule has 26 heavy (non-hydrogen) atoms. The largest absolute Gasteiger partial charge is 0.296 e. The predicted octanol–water partition coefficient (Wildman–Crippen LogP) is 4.92.